The Bertz CT molecular complexity index is 1110. The van der Waals surface area contributed by atoms with E-state index >= 15 is 0 Å². The molecule has 0 radical (unpaired) electrons. The third-order valence-electron chi connectivity index (χ3n) is 4.85. The van der Waals surface area contributed by atoms with E-state index in [0.29, 0.717) is 13.0 Å². The van der Waals surface area contributed by atoms with E-state index in [1.807, 2.05) is 35.4 Å². The minimum absolute atomic E-state index is 0.0860. The van der Waals surface area contributed by atoms with Gasteiger partial charge in [0, 0.05) is 41.8 Å². The Morgan fingerprint density at radius 2 is 2.00 bits per heavy atom. The van der Waals surface area contributed by atoms with Gasteiger partial charge in [-0.3, -0.25) is 4.79 Å². The van der Waals surface area contributed by atoms with Crippen LogP contribution in [0, 0.1) is 0 Å². The van der Waals surface area contributed by atoms with E-state index in [-0.39, 0.29) is 5.91 Å². The first-order valence-electron chi connectivity index (χ1n) is 9.43. The normalized spacial score (nSPS) is 11.1. The minimum atomic E-state index is -0.0860. The Hall–Kier alpha value is -3.38. The smallest absolute Gasteiger partial charge is 0.225 e. The monoisotopic (exact) mass is 373 g/mol. The average molecular weight is 373 g/mol. The number of nitrogens with zero attached hydrogens (tertiary/aromatic N) is 2. The van der Waals surface area contributed by atoms with Crippen LogP contribution in [0.1, 0.15) is 18.9 Å². The highest BCUT2D eigenvalue weighted by Gasteiger charge is 2.10. The molecule has 6 nitrogen and oxygen atoms in total. The van der Waals surface area contributed by atoms with Crippen molar-refractivity contribution < 1.29 is 4.79 Å². The van der Waals surface area contributed by atoms with E-state index in [2.05, 4.69) is 52.7 Å². The summed E-state index contributed by atoms with van der Waals surface area (Å²) < 4.78 is 1.88. The Morgan fingerprint density at radius 3 is 2.75 bits per heavy atom. The molecule has 4 rings (SSSR count). The number of nitrogens with two attached hydrogens (primary N) is 1. The molecule has 142 valence electrons. The number of hydrogen-bond donors (Lipinski definition) is 3. The van der Waals surface area contributed by atoms with Crippen molar-refractivity contribution in [1.82, 2.24) is 14.8 Å². The van der Waals surface area contributed by atoms with E-state index in [9.17, 15) is 4.79 Å². The molecule has 28 heavy (non-hydrogen) atoms. The fourth-order valence-corrected chi connectivity index (χ4v) is 3.24. The second-order valence-electron chi connectivity index (χ2n) is 6.74. The standard InChI is InChI=1S/C22H23N5O/c1-2-15-3-6-18(7-4-15)27-14-17(12-25-27)16-5-8-20-19(11-16)21(13-24-20)26-22(28)9-10-23/h3-8,11-14,24H,2,9-10,23H2,1H3,(H,26,28). The zero-order valence-corrected chi connectivity index (χ0v) is 15.8. The van der Waals surface area contributed by atoms with Crippen LogP contribution in [0.2, 0.25) is 0 Å². The number of H-pyrrole nitrogens is 1. The van der Waals surface area contributed by atoms with Crippen LogP contribution in [0.5, 0.6) is 0 Å². The lowest BCUT2D eigenvalue weighted by Gasteiger charge is -2.04. The molecule has 4 aromatic rings. The number of hydrogen-bond acceptors (Lipinski definition) is 3. The molecule has 0 aliphatic rings. The highest BCUT2D eigenvalue weighted by Crippen LogP contribution is 2.29. The highest BCUT2D eigenvalue weighted by atomic mass is 16.1. The molecule has 0 unspecified atom stereocenters. The number of carbonyl (C=O) groups excluding carboxylic acids is 1. The van der Waals surface area contributed by atoms with Gasteiger partial charge in [0.1, 0.15) is 0 Å². The van der Waals surface area contributed by atoms with E-state index in [0.717, 1.165) is 39.8 Å². The summed E-state index contributed by atoms with van der Waals surface area (Å²) in [5.41, 5.74) is 11.6. The number of fused-ring (bicyclic) bond motifs is 1. The third-order valence-corrected chi connectivity index (χ3v) is 4.85. The summed E-state index contributed by atoms with van der Waals surface area (Å²) in [4.78, 5) is 15.1. The third kappa shape index (κ3) is 3.54. The van der Waals surface area contributed by atoms with Crippen LogP contribution in [0.15, 0.2) is 61.1 Å². The highest BCUT2D eigenvalue weighted by molar-refractivity contribution is 6.02. The number of anilines is 1. The van der Waals surface area contributed by atoms with Crippen molar-refractivity contribution in [1.29, 1.82) is 0 Å². The second kappa shape index (κ2) is 7.70. The molecule has 0 fully saturated rings. The summed E-state index contributed by atoms with van der Waals surface area (Å²) >= 11 is 0. The Labute approximate surface area is 163 Å². The van der Waals surface area contributed by atoms with Crippen LogP contribution in [0.4, 0.5) is 5.69 Å². The van der Waals surface area contributed by atoms with Gasteiger partial charge in [-0.15, -0.1) is 0 Å². The van der Waals surface area contributed by atoms with Crippen LogP contribution in [0.3, 0.4) is 0 Å². The van der Waals surface area contributed by atoms with Crippen molar-refractivity contribution in [2.24, 2.45) is 5.73 Å². The van der Waals surface area contributed by atoms with E-state index in [1.165, 1.54) is 5.56 Å². The van der Waals surface area contributed by atoms with Crippen LogP contribution >= 0.6 is 0 Å². The van der Waals surface area contributed by atoms with E-state index in [1.54, 1.807) is 0 Å². The summed E-state index contributed by atoms with van der Waals surface area (Å²) in [6.45, 7) is 2.47. The number of rotatable bonds is 6. The van der Waals surface area contributed by atoms with Gasteiger partial charge < -0.3 is 16.0 Å². The summed E-state index contributed by atoms with van der Waals surface area (Å²) in [7, 11) is 0. The summed E-state index contributed by atoms with van der Waals surface area (Å²) in [5.74, 6) is -0.0860. The Kier molecular flexibility index (Phi) is 4.95. The van der Waals surface area contributed by atoms with Gasteiger partial charge in [-0.2, -0.15) is 5.10 Å². The van der Waals surface area contributed by atoms with Crippen molar-refractivity contribution in [2.75, 3.05) is 11.9 Å². The van der Waals surface area contributed by atoms with Crippen LogP contribution in [0.25, 0.3) is 27.7 Å². The zero-order chi connectivity index (χ0) is 19.5. The Morgan fingerprint density at radius 1 is 1.18 bits per heavy atom. The van der Waals surface area contributed by atoms with Crippen molar-refractivity contribution in [3.8, 4) is 16.8 Å². The fourth-order valence-electron chi connectivity index (χ4n) is 3.24. The molecule has 2 heterocycles. The maximum Gasteiger partial charge on any atom is 0.225 e. The summed E-state index contributed by atoms with van der Waals surface area (Å²) in [6, 6.07) is 14.5. The molecule has 0 bridgehead atoms. The van der Waals surface area contributed by atoms with Gasteiger partial charge in [-0.05, 0) is 41.8 Å². The number of aromatic nitrogens is 3. The number of amides is 1. The minimum Gasteiger partial charge on any atom is -0.359 e. The molecule has 0 saturated heterocycles. The molecule has 0 aliphatic heterocycles. The van der Waals surface area contributed by atoms with Crippen molar-refractivity contribution in [3.63, 3.8) is 0 Å². The first-order chi connectivity index (χ1) is 13.7. The van der Waals surface area contributed by atoms with Crippen LogP contribution < -0.4 is 11.1 Å². The summed E-state index contributed by atoms with van der Waals surface area (Å²) in [6.07, 6.45) is 7.00. The first-order valence-corrected chi connectivity index (χ1v) is 9.43. The molecule has 1 amide bonds. The van der Waals surface area contributed by atoms with Gasteiger partial charge in [0.05, 0.1) is 17.6 Å². The average Bonchev–Trinajstić information content (AvgIpc) is 3.36. The van der Waals surface area contributed by atoms with Crippen molar-refractivity contribution in [3.05, 3.63) is 66.6 Å². The zero-order valence-electron chi connectivity index (χ0n) is 15.8. The molecule has 0 saturated carbocycles. The quantitative estimate of drug-likeness (QED) is 0.479. The lowest BCUT2D eigenvalue weighted by atomic mass is 10.1. The van der Waals surface area contributed by atoms with Gasteiger partial charge in [0.15, 0.2) is 0 Å². The molecular weight excluding hydrogens is 350 g/mol. The lowest BCUT2D eigenvalue weighted by molar-refractivity contribution is -0.116. The molecule has 6 heteroatoms. The molecule has 4 N–H and O–H groups in total. The number of aryl methyl sites for hydroxylation is 1. The van der Waals surface area contributed by atoms with E-state index < -0.39 is 0 Å². The van der Waals surface area contributed by atoms with Gasteiger partial charge >= 0.3 is 0 Å². The van der Waals surface area contributed by atoms with Gasteiger partial charge in [0.2, 0.25) is 5.91 Å². The van der Waals surface area contributed by atoms with Crippen molar-refractivity contribution in [2.45, 2.75) is 19.8 Å². The van der Waals surface area contributed by atoms with Crippen LogP contribution in [-0.2, 0) is 11.2 Å². The Balaban J connectivity index is 1.63. The molecule has 0 aliphatic carbocycles. The summed E-state index contributed by atoms with van der Waals surface area (Å²) in [5, 5.41) is 8.38. The van der Waals surface area contributed by atoms with Gasteiger partial charge in [0.25, 0.3) is 0 Å². The lowest BCUT2D eigenvalue weighted by Crippen LogP contribution is -2.15. The van der Waals surface area contributed by atoms with Crippen LogP contribution in [-0.4, -0.2) is 27.2 Å². The van der Waals surface area contributed by atoms with Crippen molar-refractivity contribution >= 4 is 22.5 Å². The SMILES string of the molecule is CCc1ccc(-n2cc(-c3ccc4[nH]cc(NC(=O)CCN)c4c3)cn2)cc1. The predicted octanol–water partition coefficient (Wildman–Crippen LogP) is 3.87. The largest absolute Gasteiger partial charge is 0.359 e. The van der Waals surface area contributed by atoms with Gasteiger partial charge in [-0.25, -0.2) is 4.68 Å². The maximum atomic E-state index is 11.9. The molecule has 0 spiro atoms. The topological polar surface area (TPSA) is 88.7 Å². The first kappa shape index (κ1) is 18.0. The van der Waals surface area contributed by atoms with Gasteiger partial charge in [-0.1, -0.05) is 25.1 Å². The molecule has 2 aromatic carbocycles. The number of benzene rings is 2. The second-order valence-corrected chi connectivity index (χ2v) is 6.74. The van der Waals surface area contributed by atoms with E-state index in [4.69, 9.17) is 5.73 Å². The maximum absolute atomic E-state index is 11.9. The fraction of sp³-hybridized carbons (Fsp3) is 0.182. The molecule has 0 atom stereocenters. The number of aromatic amines is 1. The predicted molar refractivity (Wildman–Crippen MR) is 113 cm³/mol. The molecular formula is C22H23N5O. The number of nitrogens with one attached hydrogen (secondary N) is 2. The number of carbonyl (C=O) groups is 1. The molecule has 2 aromatic heterocycles.